The van der Waals surface area contributed by atoms with Crippen LogP contribution in [-0.4, -0.2) is 16.6 Å². The van der Waals surface area contributed by atoms with Gasteiger partial charge in [-0.1, -0.05) is 182 Å². The Bertz CT molecular complexity index is 1450. The van der Waals surface area contributed by atoms with E-state index in [1.165, 1.54) is 31.9 Å². The zero-order valence-corrected chi connectivity index (χ0v) is 26.6. The molecule has 0 unspecified atom stereocenters. The molecule has 0 aliphatic carbocycles. The molecule has 6 rings (SSSR count). The zero-order valence-electron chi connectivity index (χ0n) is 24.6. The molecule has 0 aliphatic rings. The maximum absolute atomic E-state index is 8.29. The van der Waals surface area contributed by atoms with E-state index in [0.717, 1.165) is 24.9 Å². The lowest BCUT2D eigenvalue weighted by Gasteiger charge is -2.44. The summed E-state index contributed by atoms with van der Waals surface area (Å²) in [5, 5.41) is 5.34. The predicted molar refractivity (Wildman–Crippen MR) is 187 cm³/mol. The third kappa shape index (κ3) is 6.55. The first-order valence-electron chi connectivity index (χ1n) is 15.3. The SMILES string of the molecule is c1ccc(CC[Si](O[Si](CCc2ccccc2)(c2ccccc2)c2ccccc2)(c2ccccc2)c2ccccc2)cc1. The van der Waals surface area contributed by atoms with Gasteiger partial charge in [0.05, 0.1) is 0 Å². The van der Waals surface area contributed by atoms with Crippen LogP contribution >= 0.6 is 0 Å². The highest BCUT2D eigenvalue weighted by Gasteiger charge is 2.50. The minimum Gasteiger partial charge on any atom is -0.442 e. The molecule has 212 valence electrons. The van der Waals surface area contributed by atoms with Crippen LogP contribution in [0, 0.1) is 0 Å². The molecule has 0 N–H and O–H groups in total. The minimum atomic E-state index is -2.81. The number of rotatable bonds is 12. The van der Waals surface area contributed by atoms with Crippen molar-refractivity contribution in [3.8, 4) is 0 Å². The summed E-state index contributed by atoms with van der Waals surface area (Å²) in [4.78, 5) is 0. The Morgan fingerprint density at radius 2 is 0.535 bits per heavy atom. The summed E-state index contributed by atoms with van der Waals surface area (Å²) in [6.45, 7) is 0. The van der Waals surface area contributed by atoms with E-state index in [1.54, 1.807) is 0 Å². The van der Waals surface area contributed by atoms with Gasteiger partial charge in [-0.3, -0.25) is 0 Å². The smallest absolute Gasteiger partial charge is 0.245 e. The summed E-state index contributed by atoms with van der Waals surface area (Å²) in [6.07, 6.45) is 1.92. The molecular weight excluding hydrogens is 553 g/mol. The standard InChI is InChI=1S/C40H38OSi2/c1-7-19-35(20-8-1)31-33-42(37-23-11-3-12-24-37,38-25-13-4-14-26-38)41-43(39-27-15-5-16-28-39,40-29-17-6-18-30-40)34-32-36-21-9-2-10-22-36/h1-30H,31-34H2. The van der Waals surface area contributed by atoms with Gasteiger partial charge in [0.2, 0.25) is 16.6 Å². The van der Waals surface area contributed by atoms with Crippen molar-refractivity contribution in [2.75, 3.05) is 0 Å². The Hall–Kier alpha value is -4.29. The first kappa shape index (κ1) is 28.8. The van der Waals surface area contributed by atoms with Crippen molar-refractivity contribution < 1.29 is 4.12 Å². The van der Waals surface area contributed by atoms with Crippen LogP contribution in [0.3, 0.4) is 0 Å². The van der Waals surface area contributed by atoms with Gasteiger partial charge in [0.15, 0.2) is 0 Å². The minimum absolute atomic E-state index is 0.962. The first-order valence-corrected chi connectivity index (χ1v) is 19.5. The molecule has 0 radical (unpaired) electrons. The van der Waals surface area contributed by atoms with Crippen LogP contribution in [0.1, 0.15) is 11.1 Å². The van der Waals surface area contributed by atoms with Crippen molar-refractivity contribution in [2.24, 2.45) is 0 Å². The van der Waals surface area contributed by atoms with Crippen molar-refractivity contribution in [3.63, 3.8) is 0 Å². The first-order chi connectivity index (χ1) is 21.3. The average molecular weight is 591 g/mol. The molecule has 6 aromatic rings. The molecule has 0 bridgehead atoms. The van der Waals surface area contributed by atoms with Crippen LogP contribution in [-0.2, 0) is 17.0 Å². The summed E-state index contributed by atoms with van der Waals surface area (Å²) >= 11 is 0. The molecule has 6 aromatic carbocycles. The van der Waals surface area contributed by atoms with Crippen molar-refractivity contribution in [1.82, 2.24) is 0 Å². The lowest BCUT2D eigenvalue weighted by molar-refractivity contribution is 0.564. The van der Waals surface area contributed by atoms with Crippen LogP contribution in [0.15, 0.2) is 182 Å². The normalized spacial score (nSPS) is 11.7. The van der Waals surface area contributed by atoms with Crippen molar-refractivity contribution in [1.29, 1.82) is 0 Å². The van der Waals surface area contributed by atoms with E-state index >= 15 is 0 Å². The monoisotopic (exact) mass is 590 g/mol. The van der Waals surface area contributed by atoms with Crippen LogP contribution in [0.2, 0.25) is 12.1 Å². The van der Waals surface area contributed by atoms with Crippen LogP contribution in [0.4, 0.5) is 0 Å². The quantitative estimate of drug-likeness (QED) is 0.139. The molecule has 0 atom stereocenters. The third-order valence-electron chi connectivity index (χ3n) is 8.53. The molecule has 0 heterocycles. The van der Waals surface area contributed by atoms with Gasteiger partial charge in [0, 0.05) is 0 Å². The van der Waals surface area contributed by atoms with Crippen LogP contribution < -0.4 is 20.7 Å². The maximum Gasteiger partial charge on any atom is 0.245 e. The molecule has 43 heavy (non-hydrogen) atoms. The summed E-state index contributed by atoms with van der Waals surface area (Å²) in [5.41, 5.74) is 2.71. The maximum atomic E-state index is 8.29. The van der Waals surface area contributed by atoms with Crippen molar-refractivity contribution in [3.05, 3.63) is 193 Å². The van der Waals surface area contributed by atoms with E-state index < -0.39 is 16.6 Å². The Morgan fingerprint density at radius 1 is 0.302 bits per heavy atom. The Morgan fingerprint density at radius 3 is 0.791 bits per heavy atom. The highest BCUT2D eigenvalue weighted by molar-refractivity contribution is 7.09. The molecule has 0 spiro atoms. The second-order valence-electron chi connectivity index (χ2n) is 11.2. The van der Waals surface area contributed by atoms with E-state index in [-0.39, 0.29) is 0 Å². The lowest BCUT2D eigenvalue weighted by atomic mass is 10.2. The van der Waals surface area contributed by atoms with E-state index in [2.05, 4.69) is 182 Å². The predicted octanol–water partition coefficient (Wildman–Crippen LogP) is 7.01. The average Bonchev–Trinajstić information content (AvgIpc) is 3.11. The number of hydrogen-bond acceptors (Lipinski definition) is 1. The summed E-state index contributed by atoms with van der Waals surface area (Å²) in [5.74, 6) is 0. The molecule has 0 saturated carbocycles. The van der Waals surface area contributed by atoms with Gasteiger partial charge >= 0.3 is 0 Å². The highest BCUT2D eigenvalue weighted by atomic mass is 28.4. The van der Waals surface area contributed by atoms with E-state index in [1.807, 2.05) is 0 Å². The van der Waals surface area contributed by atoms with Gasteiger partial charge in [-0.25, -0.2) is 0 Å². The molecule has 1 nitrogen and oxygen atoms in total. The Balaban J connectivity index is 1.58. The molecule has 0 saturated heterocycles. The molecule has 0 fully saturated rings. The fourth-order valence-corrected chi connectivity index (χ4v) is 17.4. The molecule has 0 aromatic heterocycles. The number of benzene rings is 6. The Kier molecular flexibility index (Phi) is 9.24. The summed E-state index contributed by atoms with van der Waals surface area (Å²) in [6, 6.07) is 68.2. The summed E-state index contributed by atoms with van der Waals surface area (Å²) in [7, 11) is -5.62. The second-order valence-corrected chi connectivity index (χ2v) is 18.6. The van der Waals surface area contributed by atoms with E-state index in [9.17, 15) is 0 Å². The molecule has 3 heteroatoms. The van der Waals surface area contributed by atoms with Crippen molar-refractivity contribution in [2.45, 2.75) is 24.9 Å². The van der Waals surface area contributed by atoms with Crippen LogP contribution in [0.5, 0.6) is 0 Å². The van der Waals surface area contributed by atoms with Gasteiger partial charge in [-0.05, 0) is 56.8 Å². The fourth-order valence-electron chi connectivity index (χ4n) is 6.31. The van der Waals surface area contributed by atoms with Gasteiger partial charge in [-0.15, -0.1) is 0 Å². The lowest BCUT2D eigenvalue weighted by Crippen LogP contribution is -2.73. The number of hydrogen-bond donors (Lipinski definition) is 0. The number of aryl methyl sites for hydroxylation is 2. The largest absolute Gasteiger partial charge is 0.442 e. The van der Waals surface area contributed by atoms with Crippen molar-refractivity contribution >= 4 is 37.4 Å². The zero-order chi connectivity index (χ0) is 29.2. The third-order valence-corrected chi connectivity index (χ3v) is 18.3. The summed E-state index contributed by atoms with van der Waals surface area (Å²) < 4.78 is 8.29. The molecule has 0 amide bonds. The Labute approximate surface area is 258 Å². The van der Waals surface area contributed by atoms with Gasteiger partial charge in [-0.2, -0.15) is 0 Å². The van der Waals surface area contributed by atoms with E-state index in [0.29, 0.717) is 0 Å². The van der Waals surface area contributed by atoms with Gasteiger partial charge < -0.3 is 4.12 Å². The molecule has 0 aliphatic heterocycles. The van der Waals surface area contributed by atoms with Gasteiger partial charge in [0.25, 0.3) is 0 Å². The topological polar surface area (TPSA) is 9.23 Å². The highest BCUT2D eigenvalue weighted by Crippen LogP contribution is 2.26. The van der Waals surface area contributed by atoms with Gasteiger partial charge in [0.1, 0.15) is 0 Å². The molecular formula is C40H38OSi2. The fraction of sp³-hybridized carbons (Fsp3) is 0.100. The van der Waals surface area contributed by atoms with Crippen LogP contribution in [0.25, 0.3) is 0 Å². The second kappa shape index (κ2) is 13.8. The van der Waals surface area contributed by atoms with E-state index in [4.69, 9.17) is 4.12 Å².